The summed E-state index contributed by atoms with van der Waals surface area (Å²) in [5.41, 5.74) is 7.31. The number of rotatable bonds is 3. The molecule has 4 unspecified atom stereocenters. The van der Waals surface area contributed by atoms with Crippen LogP contribution in [0.15, 0.2) is 29.2 Å². The fourth-order valence-corrected chi connectivity index (χ4v) is 4.32. The Labute approximate surface area is 112 Å². The van der Waals surface area contributed by atoms with Gasteiger partial charge in [0, 0.05) is 16.2 Å². The molecule has 0 heterocycles. The molecule has 18 heavy (non-hydrogen) atoms. The molecule has 2 nitrogen and oxygen atoms in total. The highest BCUT2D eigenvalue weighted by Gasteiger charge is 2.34. The van der Waals surface area contributed by atoms with E-state index in [-0.39, 0.29) is 11.3 Å². The lowest BCUT2D eigenvalue weighted by Crippen LogP contribution is -2.29. The van der Waals surface area contributed by atoms with E-state index in [4.69, 9.17) is 5.73 Å². The Bertz CT molecular complexity index is 427. The Morgan fingerprint density at radius 3 is 2.28 bits per heavy atom. The number of nitrogens with two attached hydrogens (primary N) is 1. The van der Waals surface area contributed by atoms with Crippen molar-refractivity contribution < 1.29 is 4.21 Å². The zero-order chi connectivity index (χ0) is 13.3. The minimum absolute atomic E-state index is 0.217. The third-order valence-corrected chi connectivity index (χ3v) is 6.05. The number of hydrogen-bond donors (Lipinski definition) is 1. The van der Waals surface area contributed by atoms with Crippen LogP contribution in [0.5, 0.6) is 0 Å². The topological polar surface area (TPSA) is 43.1 Å². The molecule has 1 aliphatic rings. The summed E-state index contributed by atoms with van der Waals surface area (Å²) in [6.45, 7) is 6.47. The van der Waals surface area contributed by atoms with Crippen molar-refractivity contribution in [3.63, 3.8) is 0 Å². The highest BCUT2D eigenvalue weighted by atomic mass is 32.2. The van der Waals surface area contributed by atoms with Crippen molar-refractivity contribution in [1.29, 1.82) is 0 Å². The Hall–Kier alpha value is -0.670. The van der Waals surface area contributed by atoms with Crippen LogP contribution < -0.4 is 5.73 Å². The average Bonchev–Trinajstić information content (AvgIpc) is 2.69. The third-order valence-electron chi connectivity index (χ3n) is 4.10. The second kappa shape index (κ2) is 5.54. The predicted molar refractivity (Wildman–Crippen MR) is 77.1 cm³/mol. The monoisotopic (exact) mass is 265 g/mol. The molecule has 1 aliphatic carbocycles. The number of benzene rings is 1. The van der Waals surface area contributed by atoms with Crippen molar-refractivity contribution in [3.8, 4) is 0 Å². The van der Waals surface area contributed by atoms with Crippen molar-refractivity contribution in [2.24, 2.45) is 11.7 Å². The maximum absolute atomic E-state index is 12.5. The molecule has 3 heteroatoms. The molecule has 1 aromatic rings. The van der Waals surface area contributed by atoms with Crippen LogP contribution in [0, 0.1) is 5.92 Å². The largest absolute Gasteiger partial charge is 0.327 e. The van der Waals surface area contributed by atoms with Crippen LogP contribution in [-0.4, -0.2) is 15.5 Å². The van der Waals surface area contributed by atoms with E-state index in [1.54, 1.807) is 0 Å². The summed E-state index contributed by atoms with van der Waals surface area (Å²) in [7, 11) is -0.911. The van der Waals surface area contributed by atoms with Gasteiger partial charge in [-0.2, -0.15) is 0 Å². The van der Waals surface area contributed by atoms with Gasteiger partial charge in [-0.25, -0.2) is 0 Å². The first-order valence-corrected chi connectivity index (χ1v) is 7.98. The summed E-state index contributed by atoms with van der Waals surface area (Å²) in [5.74, 6) is 0.877. The Balaban J connectivity index is 2.14. The third kappa shape index (κ3) is 2.67. The smallest absolute Gasteiger partial charge is 0.0564 e. The van der Waals surface area contributed by atoms with Gasteiger partial charge in [0.15, 0.2) is 0 Å². The molecule has 1 aromatic carbocycles. The molecule has 100 valence electrons. The second-order valence-electron chi connectivity index (χ2n) is 5.66. The van der Waals surface area contributed by atoms with E-state index < -0.39 is 10.8 Å². The van der Waals surface area contributed by atoms with Crippen molar-refractivity contribution in [2.75, 3.05) is 0 Å². The SMILES string of the molecule is CC(C)c1ccc(S(=O)C2CCC(N)C2C)cc1. The average molecular weight is 265 g/mol. The van der Waals surface area contributed by atoms with Crippen LogP contribution >= 0.6 is 0 Å². The van der Waals surface area contributed by atoms with Gasteiger partial charge in [0.2, 0.25) is 0 Å². The van der Waals surface area contributed by atoms with E-state index in [1.807, 2.05) is 12.1 Å². The van der Waals surface area contributed by atoms with Crippen molar-refractivity contribution in [1.82, 2.24) is 0 Å². The van der Waals surface area contributed by atoms with Gasteiger partial charge in [-0.3, -0.25) is 4.21 Å². The molecule has 0 radical (unpaired) electrons. The fraction of sp³-hybridized carbons (Fsp3) is 0.600. The Morgan fingerprint density at radius 1 is 1.22 bits per heavy atom. The first kappa shape index (κ1) is 13.8. The zero-order valence-corrected chi connectivity index (χ0v) is 12.2. The first-order chi connectivity index (χ1) is 8.50. The fourth-order valence-electron chi connectivity index (χ4n) is 2.62. The summed E-state index contributed by atoms with van der Waals surface area (Å²) < 4.78 is 12.5. The summed E-state index contributed by atoms with van der Waals surface area (Å²) >= 11 is 0. The summed E-state index contributed by atoms with van der Waals surface area (Å²) in [4.78, 5) is 0.949. The molecule has 0 bridgehead atoms. The molecule has 1 fully saturated rings. The van der Waals surface area contributed by atoms with Crippen LogP contribution in [-0.2, 0) is 10.8 Å². The molecule has 0 spiro atoms. The molecule has 2 N–H and O–H groups in total. The standard InChI is InChI=1S/C15H23NOS/c1-10(2)12-4-6-13(7-5-12)18(17)15-9-8-14(16)11(15)3/h4-7,10-11,14-15H,8-9,16H2,1-3H3. The quantitative estimate of drug-likeness (QED) is 0.913. The maximum Gasteiger partial charge on any atom is 0.0564 e. The van der Waals surface area contributed by atoms with Crippen LogP contribution in [0.1, 0.15) is 45.1 Å². The molecule has 0 amide bonds. The van der Waals surface area contributed by atoms with E-state index in [0.29, 0.717) is 11.8 Å². The maximum atomic E-state index is 12.5. The first-order valence-electron chi connectivity index (χ1n) is 6.77. The summed E-state index contributed by atoms with van der Waals surface area (Å²) in [6, 6.07) is 8.44. The number of hydrogen-bond acceptors (Lipinski definition) is 2. The highest BCUT2D eigenvalue weighted by molar-refractivity contribution is 7.85. The van der Waals surface area contributed by atoms with Crippen LogP contribution in [0.2, 0.25) is 0 Å². The van der Waals surface area contributed by atoms with Crippen molar-refractivity contribution in [3.05, 3.63) is 29.8 Å². The summed E-state index contributed by atoms with van der Waals surface area (Å²) in [6.07, 6.45) is 1.99. The van der Waals surface area contributed by atoms with E-state index in [9.17, 15) is 4.21 Å². The lowest BCUT2D eigenvalue weighted by molar-refractivity contribution is 0.526. The van der Waals surface area contributed by atoms with Gasteiger partial charge in [0.05, 0.1) is 10.8 Å². The molecule has 0 aromatic heterocycles. The van der Waals surface area contributed by atoms with Gasteiger partial charge in [0.1, 0.15) is 0 Å². The minimum Gasteiger partial charge on any atom is -0.327 e. The zero-order valence-electron chi connectivity index (χ0n) is 11.4. The van der Waals surface area contributed by atoms with Crippen molar-refractivity contribution in [2.45, 2.75) is 55.7 Å². The predicted octanol–water partition coefficient (Wildman–Crippen LogP) is 3.04. The molecule has 4 atom stereocenters. The van der Waals surface area contributed by atoms with Crippen LogP contribution in [0.3, 0.4) is 0 Å². The molecule has 0 saturated heterocycles. The summed E-state index contributed by atoms with van der Waals surface area (Å²) in [5, 5.41) is 0.227. The highest BCUT2D eigenvalue weighted by Crippen LogP contribution is 2.31. The molecular formula is C15H23NOS. The van der Waals surface area contributed by atoms with Crippen molar-refractivity contribution >= 4 is 10.8 Å². The van der Waals surface area contributed by atoms with Gasteiger partial charge in [-0.15, -0.1) is 0 Å². The van der Waals surface area contributed by atoms with Crippen LogP contribution in [0.4, 0.5) is 0 Å². The van der Waals surface area contributed by atoms with Gasteiger partial charge in [-0.1, -0.05) is 32.9 Å². The molecular weight excluding hydrogens is 242 g/mol. The van der Waals surface area contributed by atoms with Gasteiger partial charge in [-0.05, 0) is 42.4 Å². The van der Waals surface area contributed by atoms with Gasteiger partial charge in [0.25, 0.3) is 0 Å². The van der Waals surface area contributed by atoms with Gasteiger partial charge >= 0.3 is 0 Å². The minimum atomic E-state index is -0.911. The molecule has 2 rings (SSSR count). The van der Waals surface area contributed by atoms with E-state index in [2.05, 4.69) is 32.9 Å². The Morgan fingerprint density at radius 2 is 1.83 bits per heavy atom. The van der Waals surface area contributed by atoms with Gasteiger partial charge < -0.3 is 5.73 Å². The Kier molecular flexibility index (Phi) is 4.23. The molecule has 0 aliphatic heterocycles. The lowest BCUT2D eigenvalue weighted by Gasteiger charge is -2.18. The van der Waals surface area contributed by atoms with Crippen LogP contribution in [0.25, 0.3) is 0 Å². The lowest BCUT2D eigenvalue weighted by atomic mass is 10.0. The van der Waals surface area contributed by atoms with E-state index >= 15 is 0 Å². The van der Waals surface area contributed by atoms with E-state index in [0.717, 1.165) is 17.7 Å². The molecule has 1 saturated carbocycles. The normalized spacial score (nSPS) is 29.7. The second-order valence-corrected chi connectivity index (χ2v) is 7.33. The van der Waals surface area contributed by atoms with E-state index in [1.165, 1.54) is 5.56 Å².